The SMILES string of the molecule is NCC(Nc1ccc(Cl)c(Br)c1)C1CCC1. The van der Waals surface area contributed by atoms with Crippen LogP contribution in [0.5, 0.6) is 0 Å². The van der Waals surface area contributed by atoms with E-state index < -0.39 is 0 Å². The van der Waals surface area contributed by atoms with Gasteiger partial charge in [0.1, 0.15) is 0 Å². The molecule has 0 aliphatic heterocycles. The summed E-state index contributed by atoms with van der Waals surface area (Å²) in [6.07, 6.45) is 3.93. The van der Waals surface area contributed by atoms with Gasteiger partial charge in [0.2, 0.25) is 0 Å². The Balaban J connectivity index is 2.03. The molecule has 0 bridgehead atoms. The number of nitrogens with two attached hydrogens (primary N) is 1. The summed E-state index contributed by atoms with van der Waals surface area (Å²) in [5.74, 6) is 0.736. The summed E-state index contributed by atoms with van der Waals surface area (Å²) in [6.45, 7) is 0.685. The Bertz CT molecular complexity index is 366. The minimum atomic E-state index is 0.391. The van der Waals surface area contributed by atoms with E-state index in [0.29, 0.717) is 12.6 Å². The maximum absolute atomic E-state index is 5.95. The third kappa shape index (κ3) is 2.70. The van der Waals surface area contributed by atoms with Gasteiger partial charge in [-0.05, 0) is 52.9 Å². The number of rotatable bonds is 4. The van der Waals surface area contributed by atoms with E-state index in [1.54, 1.807) is 0 Å². The predicted molar refractivity (Wildman–Crippen MR) is 73.0 cm³/mol. The van der Waals surface area contributed by atoms with Gasteiger partial charge in [-0.2, -0.15) is 0 Å². The van der Waals surface area contributed by atoms with Crippen LogP contribution in [-0.2, 0) is 0 Å². The maximum Gasteiger partial charge on any atom is 0.0549 e. The Kier molecular flexibility index (Phi) is 4.11. The van der Waals surface area contributed by atoms with Crippen LogP contribution in [0.3, 0.4) is 0 Å². The largest absolute Gasteiger partial charge is 0.381 e. The van der Waals surface area contributed by atoms with E-state index >= 15 is 0 Å². The van der Waals surface area contributed by atoms with Crippen LogP contribution in [0.25, 0.3) is 0 Å². The van der Waals surface area contributed by atoms with Crippen molar-refractivity contribution in [2.24, 2.45) is 11.7 Å². The molecule has 3 N–H and O–H groups in total. The summed E-state index contributed by atoms with van der Waals surface area (Å²) < 4.78 is 0.920. The molecule has 4 heteroatoms. The molecule has 1 unspecified atom stereocenters. The standard InChI is InChI=1S/C12H16BrClN2/c13-10-6-9(4-5-11(10)14)16-12(7-15)8-2-1-3-8/h4-6,8,12,16H,1-3,7,15H2. The van der Waals surface area contributed by atoms with Gasteiger partial charge in [0.15, 0.2) is 0 Å². The first-order valence-corrected chi connectivity index (χ1v) is 6.79. The number of hydrogen-bond donors (Lipinski definition) is 2. The summed E-state index contributed by atoms with van der Waals surface area (Å²) in [5.41, 5.74) is 6.88. The van der Waals surface area contributed by atoms with Crippen molar-refractivity contribution in [2.75, 3.05) is 11.9 Å². The molecular formula is C12H16BrClN2. The summed E-state index contributed by atoms with van der Waals surface area (Å²) in [6, 6.07) is 6.28. The Morgan fingerprint density at radius 1 is 1.50 bits per heavy atom. The molecule has 1 atom stereocenters. The summed E-state index contributed by atoms with van der Waals surface area (Å²) in [4.78, 5) is 0. The molecule has 1 saturated carbocycles. The minimum absolute atomic E-state index is 0.391. The molecule has 0 radical (unpaired) electrons. The molecule has 1 aliphatic carbocycles. The van der Waals surface area contributed by atoms with Crippen LogP contribution < -0.4 is 11.1 Å². The highest BCUT2D eigenvalue weighted by Crippen LogP contribution is 2.32. The maximum atomic E-state index is 5.95. The van der Waals surface area contributed by atoms with Gasteiger partial charge in [0.05, 0.1) is 5.02 Å². The van der Waals surface area contributed by atoms with Gasteiger partial charge in [0.25, 0.3) is 0 Å². The zero-order valence-electron chi connectivity index (χ0n) is 9.05. The molecule has 0 aromatic heterocycles. The average molecular weight is 304 g/mol. The quantitative estimate of drug-likeness (QED) is 0.891. The van der Waals surface area contributed by atoms with Gasteiger partial charge >= 0.3 is 0 Å². The topological polar surface area (TPSA) is 38.0 Å². The van der Waals surface area contributed by atoms with Gasteiger partial charge in [-0.25, -0.2) is 0 Å². The van der Waals surface area contributed by atoms with Crippen LogP contribution in [-0.4, -0.2) is 12.6 Å². The smallest absolute Gasteiger partial charge is 0.0549 e. The fourth-order valence-electron chi connectivity index (χ4n) is 2.01. The second kappa shape index (κ2) is 5.39. The lowest BCUT2D eigenvalue weighted by Gasteiger charge is -2.34. The van der Waals surface area contributed by atoms with Gasteiger partial charge in [-0.3, -0.25) is 0 Å². The van der Waals surface area contributed by atoms with Crippen LogP contribution in [0.1, 0.15) is 19.3 Å². The van der Waals surface area contributed by atoms with Crippen molar-refractivity contribution in [2.45, 2.75) is 25.3 Å². The summed E-state index contributed by atoms with van der Waals surface area (Å²) in [7, 11) is 0. The minimum Gasteiger partial charge on any atom is -0.381 e. The van der Waals surface area contributed by atoms with Gasteiger partial charge in [0, 0.05) is 22.7 Å². The van der Waals surface area contributed by atoms with E-state index in [1.165, 1.54) is 19.3 Å². The molecule has 1 fully saturated rings. The number of nitrogens with one attached hydrogen (secondary N) is 1. The van der Waals surface area contributed by atoms with Crippen molar-refractivity contribution in [1.29, 1.82) is 0 Å². The molecule has 16 heavy (non-hydrogen) atoms. The third-order valence-corrected chi connectivity index (χ3v) is 4.46. The Morgan fingerprint density at radius 3 is 2.75 bits per heavy atom. The van der Waals surface area contributed by atoms with E-state index in [0.717, 1.165) is 21.1 Å². The lowest BCUT2D eigenvalue weighted by molar-refractivity contribution is 0.277. The van der Waals surface area contributed by atoms with E-state index in [1.807, 2.05) is 18.2 Å². The second-order valence-corrected chi connectivity index (χ2v) is 5.57. The molecule has 2 nitrogen and oxygen atoms in total. The van der Waals surface area contributed by atoms with Crippen molar-refractivity contribution in [3.63, 3.8) is 0 Å². The van der Waals surface area contributed by atoms with Crippen molar-refractivity contribution >= 4 is 33.2 Å². The fourth-order valence-corrected chi connectivity index (χ4v) is 2.51. The molecule has 0 spiro atoms. The number of hydrogen-bond acceptors (Lipinski definition) is 2. The summed E-state index contributed by atoms with van der Waals surface area (Å²) in [5, 5.41) is 4.22. The molecule has 1 aromatic rings. The molecule has 1 aromatic carbocycles. The zero-order valence-corrected chi connectivity index (χ0v) is 11.4. The molecule has 0 saturated heterocycles. The highest BCUT2D eigenvalue weighted by atomic mass is 79.9. The van der Waals surface area contributed by atoms with Crippen LogP contribution in [0.15, 0.2) is 22.7 Å². The average Bonchev–Trinajstić information content (AvgIpc) is 2.20. The molecule has 88 valence electrons. The predicted octanol–water partition coefficient (Wildman–Crippen LogP) is 3.64. The molecule has 0 heterocycles. The van der Waals surface area contributed by atoms with E-state index in [2.05, 4.69) is 21.2 Å². The van der Waals surface area contributed by atoms with Crippen LogP contribution in [0, 0.1) is 5.92 Å². The monoisotopic (exact) mass is 302 g/mol. The summed E-state index contributed by atoms with van der Waals surface area (Å²) >= 11 is 9.38. The molecule has 2 rings (SSSR count). The van der Waals surface area contributed by atoms with Crippen LogP contribution in [0.4, 0.5) is 5.69 Å². The Hall–Kier alpha value is -0.250. The van der Waals surface area contributed by atoms with Crippen molar-refractivity contribution in [3.8, 4) is 0 Å². The first-order chi connectivity index (χ1) is 7.70. The highest BCUT2D eigenvalue weighted by molar-refractivity contribution is 9.10. The second-order valence-electron chi connectivity index (χ2n) is 4.31. The number of anilines is 1. The van der Waals surface area contributed by atoms with Gasteiger partial charge in [-0.15, -0.1) is 0 Å². The Morgan fingerprint density at radius 2 is 2.25 bits per heavy atom. The van der Waals surface area contributed by atoms with E-state index in [-0.39, 0.29) is 0 Å². The lowest BCUT2D eigenvalue weighted by Crippen LogP contribution is -2.39. The highest BCUT2D eigenvalue weighted by Gasteiger charge is 2.26. The molecule has 0 amide bonds. The Labute approximate surface area is 110 Å². The number of benzene rings is 1. The van der Waals surface area contributed by atoms with Crippen molar-refractivity contribution < 1.29 is 0 Å². The van der Waals surface area contributed by atoms with Gasteiger partial charge in [-0.1, -0.05) is 18.0 Å². The van der Waals surface area contributed by atoms with E-state index in [9.17, 15) is 0 Å². The zero-order chi connectivity index (χ0) is 11.5. The van der Waals surface area contributed by atoms with E-state index in [4.69, 9.17) is 17.3 Å². The lowest BCUT2D eigenvalue weighted by atomic mass is 9.79. The fraction of sp³-hybridized carbons (Fsp3) is 0.500. The van der Waals surface area contributed by atoms with Crippen LogP contribution >= 0.6 is 27.5 Å². The van der Waals surface area contributed by atoms with Crippen LogP contribution in [0.2, 0.25) is 5.02 Å². The third-order valence-electron chi connectivity index (χ3n) is 3.24. The number of halogens is 2. The molecular weight excluding hydrogens is 288 g/mol. The van der Waals surface area contributed by atoms with Crippen molar-refractivity contribution in [3.05, 3.63) is 27.7 Å². The van der Waals surface area contributed by atoms with Gasteiger partial charge < -0.3 is 11.1 Å². The molecule has 1 aliphatic rings. The first kappa shape index (κ1) is 12.2. The van der Waals surface area contributed by atoms with Crippen molar-refractivity contribution in [1.82, 2.24) is 0 Å². The normalized spacial score (nSPS) is 17.9. The first-order valence-electron chi connectivity index (χ1n) is 5.62.